The van der Waals surface area contributed by atoms with Gasteiger partial charge in [-0.25, -0.2) is 4.98 Å². The van der Waals surface area contributed by atoms with Crippen LogP contribution in [0.4, 0.5) is 18.3 Å². The minimum Gasteiger partial charge on any atom is -0.507 e. The lowest BCUT2D eigenvalue weighted by Crippen LogP contribution is -2.13. The van der Waals surface area contributed by atoms with Crippen molar-refractivity contribution < 1.29 is 23.1 Å². The number of phenolic OH excluding ortho intramolecular Hbond substituents is 1. The van der Waals surface area contributed by atoms with Gasteiger partial charge in [0.1, 0.15) is 5.75 Å². The second-order valence-electron chi connectivity index (χ2n) is 4.01. The van der Waals surface area contributed by atoms with E-state index in [1.54, 1.807) is 13.0 Å². The number of hydrogen-bond acceptors (Lipinski definition) is 4. The number of amides is 1. The molecule has 0 bridgehead atoms. The number of nitrogens with one attached hydrogen (secondary N) is 1. The Kier molecular flexibility index (Phi) is 3.67. The lowest BCUT2D eigenvalue weighted by atomic mass is 10.1. The van der Waals surface area contributed by atoms with Crippen molar-refractivity contribution in [3.8, 4) is 5.75 Å². The molecule has 1 aromatic carbocycles. The Morgan fingerprint density at radius 2 is 2.10 bits per heavy atom. The summed E-state index contributed by atoms with van der Waals surface area (Å²) in [5.41, 5.74) is -0.344. The van der Waals surface area contributed by atoms with Gasteiger partial charge in [-0.3, -0.25) is 10.1 Å². The van der Waals surface area contributed by atoms with E-state index in [4.69, 9.17) is 0 Å². The van der Waals surface area contributed by atoms with E-state index < -0.39 is 17.8 Å². The Morgan fingerprint density at radius 3 is 2.70 bits per heavy atom. The fraction of sp³-hybridized carbons (Fsp3) is 0.167. The summed E-state index contributed by atoms with van der Waals surface area (Å²) in [6, 6.07) is 4.38. The molecule has 2 N–H and O–H groups in total. The number of halogens is 3. The van der Waals surface area contributed by atoms with E-state index in [0.717, 1.165) is 10.9 Å². The van der Waals surface area contributed by atoms with Crippen LogP contribution in [-0.4, -0.2) is 16.0 Å². The highest BCUT2D eigenvalue weighted by Gasteiger charge is 2.34. The summed E-state index contributed by atoms with van der Waals surface area (Å²) in [5, 5.41) is 12.4. The van der Waals surface area contributed by atoms with Crippen LogP contribution in [0.3, 0.4) is 0 Å². The van der Waals surface area contributed by atoms with Crippen LogP contribution in [0.25, 0.3) is 0 Å². The molecule has 0 saturated heterocycles. The molecule has 20 heavy (non-hydrogen) atoms. The quantitative estimate of drug-likeness (QED) is 0.893. The van der Waals surface area contributed by atoms with E-state index in [2.05, 4.69) is 10.3 Å². The summed E-state index contributed by atoms with van der Waals surface area (Å²) < 4.78 is 37.1. The molecule has 106 valence electrons. The van der Waals surface area contributed by atoms with E-state index in [-0.39, 0.29) is 16.4 Å². The molecule has 0 atom stereocenters. The van der Waals surface area contributed by atoms with Crippen LogP contribution >= 0.6 is 11.3 Å². The summed E-state index contributed by atoms with van der Waals surface area (Å²) in [7, 11) is 0. The zero-order valence-corrected chi connectivity index (χ0v) is 11.0. The molecule has 0 spiro atoms. The van der Waals surface area contributed by atoms with Crippen molar-refractivity contribution in [2.45, 2.75) is 13.1 Å². The van der Waals surface area contributed by atoms with Crippen molar-refractivity contribution in [1.82, 2.24) is 4.98 Å². The number of rotatable bonds is 2. The molecule has 8 heteroatoms. The third kappa shape index (κ3) is 3.08. The Hall–Kier alpha value is -2.09. The van der Waals surface area contributed by atoms with Crippen molar-refractivity contribution in [3.05, 3.63) is 40.4 Å². The van der Waals surface area contributed by atoms with Crippen LogP contribution in [0.15, 0.2) is 23.6 Å². The number of carbonyl (C=O) groups excluding carboxylic acids is 1. The molecule has 2 rings (SSSR count). The molecule has 0 unspecified atom stereocenters. The van der Waals surface area contributed by atoms with Crippen LogP contribution in [-0.2, 0) is 6.18 Å². The number of aromatic hydroxyl groups is 1. The Balaban J connectivity index is 2.20. The Morgan fingerprint density at radius 1 is 1.40 bits per heavy atom. The average Bonchev–Trinajstić information content (AvgIpc) is 2.80. The number of aromatic nitrogens is 1. The lowest BCUT2D eigenvalue weighted by Gasteiger charge is -2.05. The molecular weight excluding hydrogens is 293 g/mol. The van der Waals surface area contributed by atoms with Gasteiger partial charge >= 0.3 is 6.18 Å². The number of phenols is 1. The van der Waals surface area contributed by atoms with Crippen LogP contribution in [0.2, 0.25) is 0 Å². The van der Waals surface area contributed by atoms with Crippen molar-refractivity contribution >= 4 is 22.4 Å². The number of alkyl halides is 3. The zero-order chi connectivity index (χ0) is 14.9. The van der Waals surface area contributed by atoms with Crippen LogP contribution in [0.5, 0.6) is 5.75 Å². The van der Waals surface area contributed by atoms with E-state index in [0.29, 0.717) is 11.3 Å². The molecular formula is C12H9F3N2O2S. The maximum atomic E-state index is 12.4. The average molecular weight is 302 g/mol. The van der Waals surface area contributed by atoms with Gasteiger partial charge in [0, 0.05) is 5.38 Å². The molecule has 0 aliphatic carbocycles. The summed E-state index contributed by atoms with van der Waals surface area (Å²) in [6.45, 7) is 1.72. The Labute approximate surface area is 115 Å². The number of aryl methyl sites for hydroxylation is 1. The number of hydrogen-bond donors (Lipinski definition) is 2. The van der Waals surface area contributed by atoms with Crippen molar-refractivity contribution in [3.63, 3.8) is 0 Å². The Bertz CT molecular complexity index is 652. The zero-order valence-electron chi connectivity index (χ0n) is 10.2. The topological polar surface area (TPSA) is 62.2 Å². The first-order chi connectivity index (χ1) is 9.27. The van der Waals surface area contributed by atoms with Crippen LogP contribution in [0, 0.1) is 6.92 Å². The molecule has 1 aromatic heterocycles. The highest BCUT2D eigenvalue weighted by atomic mass is 32.1. The lowest BCUT2D eigenvalue weighted by molar-refractivity contribution is -0.140. The van der Waals surface area contributed by atoms with Crippen LogP contribution < -0.4 is 5.32 Å². The van der Waals surface area contributed by atoms with Gasteiger partial charge in [-0.05, 0) is 19.1 Å². The predicted octanol–water partition coefficient (Wildman–Crippen LogP) is 3.43. The van der Waals surface area contributed by atoms with Gasteiger partial charge in [-0.15, -0.1) is 11.3 Å². The number of nitrogens with zero attached hydrogens (tertiary/aromatic N) is 1. The summed E-state index contributed by atoms with van der Waals surface area (Å²) >= 11 is 0.665. The molecule has 0 radical (unpaired) electrons. The highest BCUT2D eigenvalue weighted by molar-refractivity contribution is 7.14. The minimum absolute atomic E-state index is 0.0197. The molecule has 0 aliphatic rings. The van der Waals surface area contributed by atoms with Crippen LogP contribution in [0.1, 0.15) is 21.6 Å². The van der Waals surface area contributed by atoms with Crippen molar-refractivity contribution in [2.75, 3.05) is 5.32 Å². The van der Waals surface area contributed by atoms with Gasteiger partial charge in [-0.1, -0.05) is 11.6 Å². The van der Waals surface area contributed by atoms with E-state index in [9.17, 15) is 23.1 Å². The summed E-state index contributed by atoms with van der Waals surface area (Å²) in [4.78, 5) is 15.1. The van der Waals surface area contributed by atoms with Gasteiger partial charge in [0.2, 0.25) is 0 Å². The molecule has 2 aromatic rings. The standard InChI is InChI=1S/C12H9F3N2O2S/c1-6-2-3-8(18)7(4-6)10(19)17-11-16-9(5-20-11)12(13,14)15/h2-5,18H,1H3,(H,16,17,19). The normalized spacial score (nSPS) is 11.4. The van der Waals surface area contributed by atoms with E-state index >= 15 is 0 Å². The molecule has 1 amide bonds. The SMILES string of the molecule is Cc1ccc(O)c(C(=O)Nc2nc(C(F)(F)F)cs2)c1. The summed E-state index contributed by atoms with van der Waals surface area (Å²) in [6.07, 6.45) is -4.55. The number of carbonyl (C=O) groups is 1. The first-order valence-electron chi connectivity index (χ1n) is 5.41. The highest BCUT2D eigenvalue weighted by Crippen LogP contribution is 2.32. The number of benzene rings is 1. The maximum absolute atomic E-state index is 12.4. The monoisotopic (exact) mass is 302 g/mol. The number of anilines is 1. The molecule has 4 nitrogen and oxygen atoms in total. The molecule has 0 fully saturated rings. The van der Waals surface area contributed by atoms with Gasteiger partial charge < -0.3 is 5.11 Å². The smallest absolute Gasteiger partial charge is 0.434 e. The summed E-state index contributed by atoms with van der Waals surface area (Å²) in [5.74, 6) is -0.963. The third-order valence-corrected chi connectivity index (χ3v) is 3.17. The van der Waals surface area contributed by atoms with E-state index in [1.165, 1.54) is 12.1 Å². The van der Waals surface area contributed by atoms with Gasteiger partial charge in [0.05, 0.1) is 5.56 Å². The third-order valence-electron chi connectivity index (χ3n) is 2.41. The van der Waals surface area contributed by atoms with Crippen molar-refractivity contribution in [1.29, 1.82) is 0 Å². The fourth-order valence-electron chi connectivity index (χ4n) is 1.46. The van der Waals surface area contributed by atoms with E-state index in [1.807, 2.05) is 0 Å². The number of thiazole rings is 1. The molecule has 0 saturated carbocycles. The maximum Gasteiger partial charge on any atom is 0.434 e. The first kappa shape index (κ1) is 14.3. The molecule has 1 heterocycles. The predicted molar refractivity (Wildman–Crippen MR) is 67.9 cm³/mol. The van der Waals surface area contributed by atoms with Gasteiger partial charge in [0.15, 0.2) is 10.8 Å². The largest absolute Gasteiger partial charge is 0.507 e. The first-order valence-corrected chi connectivity index (χ1v) is 6.29. The fourth-order valence-corrected chi connectivity index (χ4v) is 2.17. The second-order valence-corrected chi connectivity index (χ2v) is 4.87. The van der Waals surface area contributed by atoms with Gasteiger partial charge in [0.25, 0.3) is 5.91 Å². The minimum atomic E-state index is -4.55. The molecule has 0 aliphatic heterocycles. The van der Waals surface area contributed by atoms with Gasteiger partial charge in [-0.2, -0.15) is 13.2 Å². The van der Waals surface area contributed by atoms with Crippen molar-refractivity contribution in [2.24, 2.45) is 0 Å². The second kappa shape index (κ2) is 5.12.